The lowest BCUT2D eigenvalue weighted by atomic mass is 9.96. The van der Waals surface area contributed by atoms with E-state index >= 15 is 0 Å². The summed E-state index contributed by atoms with van der Waals surface area (Å²) in [6.45, 7) is 4.37. The summed E-state index contributed by atoms with van der Waals surface area (Å²) < 4.78 is 11.3. The monoisotopic (exact) mass is 535 g/mol. The van der Waals surface area contributed by atoms with E-state index in [0.717, 1.165) is 88.4 Å². The van der Waals surface area contributed by atoms with Crippen molar-refractivity contribution in [3.8, 4) is 5.75 Å². The highest BCUT2D eigenvalue weighted by Gasteiger charge is 2.25. The number of carbonyl (C=O) groups excluding carboxylic acids is 2. The number of rotatable bonds is 8. The van der Waals surface area contributed by atoms with E-state index in [2.05, 4.69) is 31.8 Å². The van der Waals surface area contributed by atoms with Gasteiger partial charge in [-0.05, 0) is 56.0 Å². The van der Waals surface area contributed by atoms with E-state index in [1.807, 2.05) is 30.3 Å². The second-order valence-electron chi connectivity index (χ2n) is 10.7. The molecule has 3 aliphatic rings. The minimum absolute atomic E-state index is 0.0596. The van der Waals surface area contributed by atoms with Gasteiger partial charge in [0.25, 0.3) is 5.91 Å². The lowest BCUT2D eigenvalue weighted by Crippen LogP contribution is -2.47. The Kier molecular flexibility index (Phi) is 9.08. The Morgan fingerprint density at radius 2 is 1.67 bits per heavy atom. The summed E-state index contributed by atoms with van der Waals surface area (Å²) >= 11 is 0. The van der Waals surface area contributed by atoms with Crippen LogP contribution in [0.1, 0.15) is 55.3 Å². The van der Waals surface area contributed by atoms with Crippen LogP contribution >= 0.6 is 0 Å². The molecule has 3 amide bonds. The van der Waals surface area contributed by atoms with Crippen LogP contribution in [0.15, 0.2) is 42.5 Å². The van der Waals surface area contributed by atoms with Gasteiger partial charge in [0, 0.05) is 56.7 Å². The zero-order valence-corrected chi connectivity index (χ0v) is 22.9. The molecule has 2 aromatic carbocycles. The number of hydrogen-bond acceptors (Lipinski definition) is 6. The largest absolute Gasteiger partial charge is 0.495 e. The normalized spacial score (nSPS) is 20.0. The first-order valence-corrected chi connectivity index (χ1v) is 14.3. The maximum absolute atomic E-state index is 13.4. The second kappa shape index (κ2) is 13.1. The summed E-state index contributed by atoms with van der Waals surface area (Å²) in [5.41, 5.74) is 3.13. The van der Waals surface area contributed by atoms with Gasteiger partial charge in [0.05, 0.1) is 24.5 Å². The molecule has 5 rings (SSSR count). The lowest BCUT2D eigenvalue weighted by molar-refractivity contribution is 0.0858. The molecule has 2 aromatic rings. The van der Waals surface area contributed by atoms with Crippen molar-refractivity contribution in [2.45, 2.75) is 57.1 Å². The van der Waals surface area contributed by atoms with Crippen LogP contribution in [0.5, 0.6) is 5.75 Å². The van der Waals surface area contributed by atoms with Crippen LogP contribution < -0.4 is 30.5 Å². The van der Waals surface area contributed by atoms with Crippen molar-refractivity contribution in [1.82, 2.24) is 10.6 Å². The maximum Gasteiger partial charge on any atom is 0.319 e. The maximum atomic E-state index is 13.4. The summed E-state index contributed by atoms with van der Waals surface area (Å²) in [5.74, 6) is 0.714. The van der Waals surface area contributed by atoms with Gasteiger partial charge in [-0.2, -0.15) is 0 Å². The molecule has 9 heteroatoms. The van der Waals surface area contributed by atoms with Crippen LogP contribution in [0, 0.1) is 0 Å². The Hall–Kier alpha value is -3.46. The number of urea groups is 1. The molecule has 2 saturated heterocycles. The molecule has 210 valence electrons. The van der Waals surface area contributed by atoms with Gasteiger partial charge in [-0.25, -0.2) is 4.79 Å². The number of nitrogens with one attached hydrogen (secondary N) is 3. The quantitative estimate of drug-likeness (QED) is 0.464. The topological polar surface area (TPSA) is 95.2 Å². The smallest absolute Gasteiger partial charge is 0.319 e. The first kappa shape index (κ1) is 27.1. The molecular formula is C30H41N5O4. The molecule has 1 atom stereocenters. The molecular weight excluding hydrogens is 494 g/mol. The van der Waals surface area contributed by atoms with Crippen molar-refractivity contribution >= 4 is 29.0 Å². The number of benzene rings is 2. The number of piperazine rings is 1. The molecule has 0 unspecified atom stereocenters. The number of amides is 3. The summed E-state index contributed by atoms with van der Waals surface area (Å²) in [4.78, 5) is 30.7. The molecule has 1 aliphatic carbocycles. The lowest BCUT2D eigenvalue weighted by Gasteiger charge is -2.38. The van der Waals surface area contributed by atoms with Crippen LogP contribution in [0.3, 0.4) is 0 Å². The summed E-state index contributed by atoms with van der Waals surface area (Å²) in [7, 11) is 1.70. The summed E-state index contributed by atoms with van der Waals surface area (Å²) in [6.07, 6.45) is 7.62. The predicted octanol–water partition coefficient (Wildman–Crippen LogP) is 4.38. The molecule has 3 fully saturated rings. The fraction of sp³-hybridized carbons (Fsp3) is 0.533. The average molecular weight is 536 g/mol. The minimum Gasteiger partial charge on any atom is -0.495 e. The van der Waals surface area contributed by atoms with Crippen molar-refractivity contribution in [2.75, 3.05) is 61.6 Å². The van der Waals surface area contributed by atoms with Crippen LogP contribution in [0.25, 0.3) is 0 Å². The van der Waals surface area contributed by atoms with Crippen molar-refractivity contribution in [3.63, 3.8) is 0 Å². The van der Waals surface area contributed by atoms with E-state index in [0.29, 0.717) is 17.8 Å². The molecule has 2 heterocycles. The van der Waals surface area contributed by atoms with Gasteiger partial charge < -0.3 is 35.2 Å². The number of methoxy groups -OCH3 is 1. The third kappa shape index (κ3) is 6.95. The standard InChI is InChI=1S/C30H41N5O4/c1-38-28-12-6-5-11-27(28)35-17-15-34(16-18-35)26-14-13-23(33-30(37)32-22-8-3-2-4-9-22)20-25(26)29(36)31-21-24-10-7-19-39-24/h5-6,11-14,20,22,24H,2-4,7-10,15-19,21H2,1H3,(H,31,36)(H2,32,33,37)/t24-/m0/s1. The van der Waals surface area contributed by atoms with Gasteiger partial charge in [-0.3, -0.25) is 4.79 Å². The highest BCUT2D eigenvalue weighted by Crippen LogP contribution is 2.31. The van der Waals surface area contributed by atoms with Gasteiger partial charge in [0.15, 0.2) is 0 Å². The summed E-state index contributed by atoms with van der Waals surface area (Å²) in [6, 6.07) is 13.7. The Balaban J connectivity index is 1.29. The number of hydrogen-bond donors (Lipinski definition) is 3. The van der Waals surface area contributed by atoms with E-state index < -0.39 is 0 Å². The van der Waals surface area contributed by atoms with Gasteiger partial charge in [0.1, 0.15) is 5.75 Å². The third-order valence-corrected chi connectivity index (χ3v) is 8.00. The number of carbonyl (C=O) groups is 2. The van der Waals surface area contributed by atoms with Gasteiger partial charge >= 0.3 is 6.03 Å². The zero-order chi connectivity index (χ0) is 27.0. The Morgan fingerprint density at radius 3 is 2.38 bits per heavy atom. The zero-order valence-electron chi connectivity index (χ0n) is 22.9. The van der Waals surface area contributed by atoms with E-state index in [9.17, 15) is 9.59 Å². The SMILES string of the molecule is COc1ccccc1N1CCN(c2ccc(NC(=O)NC3CCCCC3)cc2C(=O)NC[C@@H]2CCCO2)CC1. The molecule has 39 heavy (non-hydrogen) atoms. The van der Waals surface area contributed by atoms with Crippen LogP contribution in [0.4, 0.5) is 21.9 Å². The molecule has 2 aliphatic heterocycles. The fourth-order valence-corrected chi connectivity index (χ4v) is 5.86. The molecule has 0 radical (unpaired) electrons. The van der Waals surface area contributed by atoms with Gasteiger partial charge in [0.2, 0.25) is 0 Å². The van der Waals surface area contributed by atoms with Gasteiger partial charge in [-0.1, -0.05) is 31.4 Å². The molecule has 0 bridgehead atoms. The minimum atomic E-state index is -0.217. The first-order valence-electron chi connectivity index (χ1n) is 14.3. The Morgan fingerprint density at radius 1 is 0.923 bits per heavy atom. The Labute approximate surface area is 231 Å². The van der Waals surface area contributed by atoms with E-state index in [1.165, 1.54) is 6.42 Å². The van der Waals surface area contributed by atoms with Crippen LogP contribution in [0.2, 0.25) is 0 Å². The second-order valence-corrected chi connectivity index (χ2v) is 10.7. The fourth-order valence-electron chi connectivity index (χ4n) is 5.86. The predicted molar refractivity (Wildman–Crippen MR) is 154 cm³/mol. The van der Waals surface area contributed by atoms with E-state index in [1.54, 1.807) is 13.2 Å². The number of ether oxygens (including phenoxy) is 2. The van der Waals surface area contributed by atoms with Crippen molar-refractivity contribution < 1.29 is 19.1 Å². The molecule has 0 aromatic heterocycles. The molecule has 9 nitrogen and oxygen atoms in total. The number of para-hydroxylation sites is 2. The molecule has 3 N–H and O–H groups in total. The Bertz CT molecular complexity index is 1120. The van der Waals surface area contributed by atoms with Crippen molar-refractivity contribution in [3.05, 3.63) is 48.0 Å². The number of nitrogens with zero attached hydrogens (tertiary/aromatic N) is 2. The third-order valence-electron chi connectivity index (χ3n) is 8.00. The highest BCUT2D eigenvalue weighted by molar-refractivity contribution is 6.02. The van der Waals surface area contributed by atoms with Crippen LogP contribution in [-0.4, -0.2) is 70.5 Å². The molecule has 1 saturated carbocycles. The van der Waals surface area contributed by atoms with Gasteiger partial charge in [-0.15, -0.1) is 0 Å². The molecule has 0 spiro atoms. The van der Waals surface area contributed by atoms with Crippen molar-refractivity contribution in [1.29, 1.82) is 0 Å². The summed E-state index contributed by atoms with van der Waals surface area (Å²) in [5, 5.41) is 9.12. The van der Waals surface area contributed by atoms with Crippen LogP contribution in [-0.2, 0) is 4.74 Å². The van der Waals surface area contributed by atoms with E-state index in [-0.39, 0.29) is 24.1 Å². The highest BCUT2D eigenvalue weighted by atomic mass is 16.5. The first-order chi connectivity index (χ1) is 19.1. The van der Waals surface area contributed by atoms with Crippen molar-refractivity contribution in [2.24, 2.45) is 0 Å². The van der Waals surface area contributed by atoms with E-state index in [4.69, 9.17) is 9.47 Å². The number of anilines is 3. The average Bonchev–Trinajstić information content (AvgIpc) is 3.50.